The fraction of sp³-hybridized carbons (Fsp3) is 0.409. The molecule has 26 heavy (non-hydrogen) atoms. The standard InChI is InChI=1S/C22H27ClN2O/c1-3-25(4-2)16-18-10-8-17(9-11-18)15-24-21(26)22(12-13-22)19-6-5-7-20(23)14-19/h5-11,14H,3-4,12-13,15-16H2,1-2H3,(H,24,26). The van der Waals surface area contributed by atoms with Crippen LogP contribution in [0.2, 0.25) is 5.02 Å². The van der Waals surface area contributed by atoms with Crippen LogP contribution in [0.5, 0.6) is 0 Å². The molecule has 1 saturated carbocycles. The summed E-state index contributed by atoms with van der Waals surface area (Å²) < 4.78 is 0. The first-order valence-corrected chi connectivity index (χ1v) is 9.79. The Balaban J connectivity index is 1.58. The molecular weight excluding hydrogens is 344 g/mol. The predicted octanol–water partition coefficient (Wildman–Crippen LogP) is 4.53. The molecule has 0 saturated heterocycles. The van der Waals surface area contributed by atoms with Gasteiger partial charge in [0.25, 0.3) is 0 Å². The monoisotopic (exact) mass is 370 g/mol. The van der Waals surface area contributed by atoms with Gasteiger partial charge < -0.3 is 5.32 Å². The molecule has 1 N–H and O–H groups in total. The van der Waals surface area contributed by atoms with Gasteiger partial charge in [0, 0.05) is 18.1 Å². The lowest BCUT2D eigenvalue weighted by molar-refractivity contribution is -0.123. The summed E-state index contributed by atoms with van der Waals surface area (Å²) in [6.07, 6.45) is 1.78. The molecule has 1 fully saturated rings. The average molecular weight is 371 g/mol. The molecule has 0 bridgehead atoms. The van der Waals surface area contributed by atoms with E-state index in [1.807, 2.05) is 24.3 Å². The Morgan fingerprint density at radius 1 is 1.08 bits per heavy atom. The van der Waals surface area contributed by atoms with E-state index in [0.717, 1.165) is 43.6 Å². The third-order valence-corrected chi connectivity index (χ3v) is 5.57. The molecule has 0 aliphatic heterocycles. The maximum atomic E-state index is 12.7. The third kappa shape index (κ3) is 4.28. The van der Waals surface area contributed by atoms with Gasteiger partial charge in [-0.2, -0.15) is 0 Å². The fourth-order valence-electron chi connectivity index (χ4n) is 3.38. The van der Waals surface area contributed by atoms with Crippen molar-refractivity contribution in [2.75, 3.05) is 13.1 Å². The number of amides is 1. The lowest BCUT2D eigenvalue weighted by Gasteiger charge is -2.18. The zero-order valence-corrected chi connectivity index (χ0v) is 16.4. The Morgan fingerprint density at radius 3 is 2.31 bits per heavy atom. The van der Waals surface area contributed by atoms with Gasteiger partial charge in [-0.05, 0) is 54.8 Å². The molecule has 138 valence electrons. The van der Waals surface area contributed by atoms with Gasteiger partial charge in [-0.15, -0.1) is 0 Å². The second-order valence-corrected chi connectivity index (χ2v) is 7.49. The highest BCUT2D eigenvalue weighted by molar-refractivity contribution is 6.30. The second kappa shape index (κ2) is 8.24. The minimum atomic E-state index is -0.381. The number of benzene rings is 2. The van der Waals surface area contributed by atoms with Crippen LogP contribution in [0.1, 0.15) is 43.4 Å². The maximum Gasteiger partial charge on any atom is 0.230 e. The van der Waals surface area contributed by atoms with Crippen LogP contribution in [-0.4, -0.2) is 23.9 Å². The quantitative estimate of drug-likeness (QED) is 0.740. The third-order valence-electron chi connectivity index (χ3n) is 5.34. The molecule has 0 heterocycles. The second-order valence-electron chi connectivity index (χ2n) is 7.05. The summed E-state index contributed by atoms with van der Waals surface area (Å²) >= 11 is 6.09. The Morgan fingerprint density at radius 2 is 1.73 bits per heavy atom. The van der Waals surface area contributed by atoms with E-state index in [1.165, 1.54) is 5.56 Å². The normalized spacial score (nSPS) is 15.1. The molecule has 1 aliphatic rings. The van der Waals surface area contributed by atoms with Crippen molar-refractivity contribution in [2.45, 2.75) is 45.2 Å². The van der Waals surface area contributed by atoms with Crippen LogP contribution in [0.15, 0.2) is 48.5 Å². The molecule has 0 aromatic heterocycles. The number of hydrogen-bond donors (Lipinski definition) is 1. The topological polar surface area (TPSA) is 32.3 Å². The van der Waals surface area contributed by atoms with E-state index < -0.39 is 0 Å². The molecule has 0 radical (unpaired) electrons. The maximum absolute atomic E-state index is 12.7. The summed E-state index contributed by atoms with van der Waals surface area (Å²) in [5.74, 6) is 0.104. The van der Waals surface area contributed by atoms with E-state index in [4.69, 9.17) is 11.6 Å². The van der Waals surface area contributed by atoms with Crippen molar-refractivity contribution < 1.29 is 4.79 Å². The molecule has 2 aromatic rings. The first kappa shape index (κ1) is 18.9. The van der Waals surface area contributed by atoms with Crippen LogP contribution in [0.3, 0.4) is 0 Å². The van der Waals surface area contributed by atoms with Crippen molar-refractivity contribution in [1.82, 2.24) is 10.2 Å². The highest BCUT2D eigenvalue weighted by Crippen LogP contribution is 2.48. The molecule has 1 aliphatic carbocycles. The van der Waals surface area contributed by atoms with Crippen molar-refractivity contribution in [1.29, 1.82) is 0 Å². The van der Waals surface area contributed by atoms with Gasteiger partial charge in [0.2, 0.25) is 5.91 Å². The average Bonchev–Trinajstić information content (AvgIpc) is 3.47. The molecule has 4 heteroatoms. The first-order valence-electron chi connectivity index (χ1n) is 9.42. The van der Waals surface area contributed by atoms with E-state index in [-0.39, 0.29) is 11.3 Å². The van der Waals surface area contributed by atoms with Gasteiger partial charge in [-0.3, -0.25) is 9.69 Å². The van der Waals surface area contributed by atoms with Crippen LogP contribution in [0.4, 0.5) is 0 Å². The first-order chi connectivity index (χ1) is 12.6. The van der Waals surface area contributed by atoms with Gasteiger partial charge in [-0.1, -0.05) is 61.8 Å². The SMILES string of the molecule is CCN(CC)Cc1ccc(CNC(=O)C2(c3cccc(Cl)c3)CC2)cc1. The Hall–Kier alpha value is -1.84. The van der Waals surface area contributed by atoms with Gasteiger partial charge >= 0.3 is 0 Å². The van der Waals surface area contributed by atoms with Crippen LogP contribution >= 0.6 is 11.6 Å². The van der Waals surface area contributed by atoms with Crippen molar-refractivity contribution in [3.8, 4) is 0 Å². The van der Waals surface area contributed by atoms with E-state index in [2.05, 4.69) is 48.3 Å². The summed E-state index contributed by atoms with van der Waals surface area (Å²) in [5, 5.41) is 3.80. The lowest BCUT2D eigenvalue weighted by Crippen LogP contribution is -2.34. The molecule has 0 atom stereocenters. The van der Waals surface area contributed by atoms with Crippen molar-refractivity contribution in [2.24, 2.45) is 0 Å². The van der Waals surface area contributed by atoms with Crippen LogP contribution in [0.25, 0.3) is 0 Å². The fourth-order valence-corrected chi connectivity index (χ4v) is 3.57. The molecule has 2 aromatic carbocycles. The summed E-state index contributed by atoms with van der Waals surface area (Å²) in [4.78, 5) is 15.1. The number of nitrogens with one attached hydrogen (secondary N) is 1. The van der Waals surface area contributed by atoms with Gasteiger partial charge in [0.15, 0.2) is 0 Å². The van der Waals surface area contributed by atoms with Crippen molar-refractivity contribution in [3.63, 3.8) is 0 Å². The van der Waals surface area contributed by atoms with E-state index >= 15 is 0 Å². The zero-order chi connectivity index (χ0) is 18.6. The van der Waals surface area contributed by atoms with Crippen molar-refractivity contribution >= 4 is 17.5 Å². The van der Waals surface area contributed by atoms with Crippen LogP contribution < -0.4 is 5.32 Å². The van der Waals surface area contributed by atoms with Crippen LogP contribution in [0, 0.1) is 0 Å². The highest BCUT2D eigenvalue weighted by Gasteiger charge is 2.51. The van der Waals surface area contributed by atoms with Crippen LogP contribution in [-0.2, 0) is 23.3 Å². The Bertz CT molecular complexity index is 749. The van der Waals surface area contributed by atoms with Gasteiger partial charge in [0.1, 0.15) is 0 Å². The largest absolute Gasteiger partial charge is 0.351 e. The van der Waals surface area contributed by atoms with Gasteiger partial charge in [0.05, 0.1) is 5.41 Å². The molecule has 3 rings (SSSR count). The Kier molecular flexibility index (Phi) is 6.00. The number of carbonyl (C=O) groups excluding carboxylic acids is 1. The van der Waals surface area contributed by atoms with E-state index in [1.54, 1.807) is 0 Å². The number of halogens is 1. The number of rotatable bonds is 8. The summed E-state index contributed by atoms with van der Waals surface area (Å²) in [6.45, 7) is 8.01. The zero-order valence-electron chi connectivity index (χ0n) is 15.6. The number of hydrogen-bond acceptors (Lipinski definition) is 2. The Labute approximate surface area is 161 Å². The molecular formula is C22H27ClN2O. The summed E-state index contributed by atoms with van der Waals surface area (Å²) in [5.41, 5.74) is 3.08. The molecule has 0 unspecified atom stereocenters. The summed E-state index contributed by atoms with van der Waals surface area (Å²) in [6, 6.07) is 16.2. The molecule has 3 nitrogen and oxygen atoms in total. The minimum Gasteiger partial charge on any atom is -0.351 e. The van der Waals surface area contributed by atoms with Gasteiger partial charge in [-0.25, -0.2) is 0 Å². The smallest absolute Gasteiger partial charge is 0.230 e. The number of nitrogens with zero attached hydrogens (tertiary/aromatic N) is 1. The van der Waals surface area contributed by atoms with Crippen molar-refractivity contribution in [3.05, 3.63) is 70.2 Å². The minimum absolute atomic E-state index is 0.104. The number of carbonyl (C=O) groups is 1. The lowest BCUT2D eigenvalue weighted by atomic mass is 9.95. The predicted molar refractivity (Wildman–Crippen MR) is 107 cm³/mol. The molecule has 1 amide bonds. The summed E-state index contributed by atoms with van der Waals surface area (Å²) in [7, 11) is 0. The molecule has 0 spiro atoms. The van der Waals surface area contributed by atoms with E-state index in [9.17, 15) is 4.79 Å². The van der Waals surface area contributed by atoms with E-state index in [0.29, 0.717) is 11.6 Å². The highest BCUT2D eigenvalue weighted by atomic mass is 35.5.